The Bertz CT molecular complexity index is 571. The third-order valence-corrected chi connectivity index (χ3v) is 2.71. The molecular formula is C16H16N2O. The second-order valence-electron chi connectivity index (χ2n) is 4.60. The molecule has 0 atom stereocenters. The van der Waals surface area contributed by atoms with Gasteiger partial charge in [-0.3, -0.25) is 4.79 Å². The van der Waals surface area contributed by atoms with E-state index in [-0.39, 0.29) is 11.7 Å². The zero-order valence-electron chi connectivity index (χ0n) is 11.1. The summed E-state index contributed by atoms with van der Waals surface area (Å²) >= 11 is 0. The highest BCUT2D eigenvalue weighted by Gasteiger charge is 2.09. The van der Waals surface area contributed by atoms with Crippen LogP contribution in [-0.2, 0) is 0 Å². The van der Waals surface area contributed by atoms with Gasteiger partial charge in [-0.25, -0.2) is 0 Å². The second-order valence-corrected chi connectivity index (χ2v) is 4.60. The van der Waals surface area contributed by atoms with Crippen molar-refractivity contribution in [3.05, 3.63) is 60.2 Å². The van der Waals surface area contributed by atoms with Crippen LogP contribution in [0.5, 0.6) is 0 Å². The molecule has 19 heavy (non-hydrogen) atoms. The van der Waals surface area contributed by atoms with Crippen LogP contribution in [0.2, 0.25) is 0 Å². The number of rotatable bonds is 4. The molecule has 0 fully saturated rings. The van der Waals surface area contributed by atoms with E-state index in [0.717, 1.165) is 11.4 Å². The van der Waals surface area contributed by atoms with Gasteiger partial charge in [-0.1, -0.05) is 32.0 Å². The van der Waals surface area contributed by atoms with Crippen molar-refractivity contribution in [3.8, 4) is 0 Å². The van der Waals surface area contributed by atoms with Gasteiger partial charge in [0.1, 0.15) is 0 Å². The number of carbonyl (C=O) groups excluding carboxylic acids is 1. The van der Waals surface area contributed by atoms with Crippen molar-refractivity contribution in [1.82, 2.24) is 0 Å². The lowest BCUT2D eigenvalue weighted by molar-refractivity contribution is 0.0939. The Balaban J connectivity index is 2.11. The van der Waals surface area contributed by atoms with Crippen LogP contribution in [0.1, 0.15) is 24.2 Å². The van der Waals surface area contributed by atoms with Crippen molar-refractivity contribution in [2.24, 2.45) is 16.1 Å². The minimum absolute atomic E-state index is 0.0109. The fraction of sp³-hybridized carbons (Fsp3) is 0.188. The summed E-state index contributed by atoms with van der Waals surface area (Å²) in [7, 11) is 0. The number of Topliss-reactive ketones (excluding diaryl/α,β-unsaturated/α-hetero) is 1. The number of ketones is 1. The van der Waals surface area contributed by atoms with E-state index in [9.17, 15) is 4.79 Å². The highest BCUT2D eigenvalue weighted by atomic mass is 16.1. The van der Waals surface area contributed by atoms with Crippen LogP contribution < -0.4 is 0 Å². The van der Waals surface area contributed by atoms with Gasteiger partial charge in [0.15, 0.2) is 5.78 Å². The first-order valence-electron chi connectivity index (χ1n) is 6.28. The molecule has 0 N–H and O–H groups in total. The monoisotopic (exact) mass is 252 g/mol. The van der Waals surface area contributed by atoms with Gasteiger partial charge in [0, 0.05) is 11.5 Å². The van der Waals surface area contributed by atoms with Crippen LogP contribution in [0.15, 0.2) is 64.8 Å². The van der Waals surface area contributed by atoms with Gasteiger partial charge >= 0.3 is 0 Å². The normalized spacial score (nSPS) is 11.1. The lowest BCUT2D eigenvalue weighted by Crippen LogP contribution is -2.06. The Labute approximate surface area is 113 Å². The molecular weight excluding hydrogens is 236 g/mol. The predicted molar refractivity (Wildman–Crippen MR) is 76.2 cm³/mol. The average molecular weight is 252 g/mol. The van der Waals surface area contributed by atoms with E-state index in [1.54, 1.807) is 12.1 Å². The van der Waals surface area contributed by atoms with Crippen LogP contribution in [0, 0.1) is 5.92 Å². The number of benzene rings is 2. The number of hydrogen-bond donors (Lipinski definition) is 0. The highest BCUT2D eigenvalue weighted by molar-refractivity contribution is 5.97. The van der Waals surface area contributed by atoms with Crippen molar-refractivity contribution >= 4 is 17.2 Å². The zero-order valence-corrected chi connectivity index (χ0v) is 11.1. The maximum Gasteiger partial charge on any atom is 0.165 e. The first kappa shape index (κ1) is 13.1. The lowest BCUT2D eigenvalue weighted by atomic mass is 10.0. The van der Waals surface area contributed by atoms with E-state index < -0.39 is 0 Å². The maximum absolute atomic E-state index is 11.8. The lowest BCUT2D eigenvalue weighted by Gasteiger charge is -2.03. The molecule has 2 aromatic rings. The Morgan fingerprint density at radius 3 is 1.89 bits per heavy atom. The molecule has 0 aliphatic heterocycles. The van der Waals surface area contributed by atoms with Crippen LogP contribution in [0.3, 0.4) is 0 Å². The summed E-state index contributed by atoms with van der Waals surface area (Å²) in [6.45, 7) is 3.79. The standard InChI is InChI=1S/C16H16N2O/c1-12(2)16(19)13-8-10-15(11-9-13)18-17-14-6-4-3-5-7-14/h3-12H,1-2H3. The van der Waals surface area contributed by atoms with Crippen LogP contribution >= 0.6 is 0 Å². The molecule has 2 rings (SSSR count). The maximum atomic E-state index is 11.8. The first-order valence-corrected chi connectivity index (χ1v) is 6.28. The second kappa shape index (κ2) is 6.05. The molecule has 0 amide bonds. The van der Waals surface area contributed by atoms with E-state index in [1.165, 1.54) is 0 Å². The van der Waals surface area contributed by atoms with Gasteiger partial charge in [0.2, 0.25) is 0 Å². The minimum atomic E-state index is 0.0109. The van der Waals surface area contributed by atoms with E-state index in [2.05, 4.69) is 10.2 Å². The summed E-state index contributed by atoms with van der Waals surface area (Å²) in [4.78, 5) is 11.8. The zero-order chi connectivity index (χ0) is 13.7. The van der Waals surface area contributed by atoms with E-state index in [4.69, 9.17) is 0 Å². The van der Waals surface area contributed by atoms with Crippen molar-refractivity contribution < 1.29 is 4.79 Å². The van der Waals surface area contributed by atoms with Crippen LogP contribution in [0.25, 0.3) is 0 Å². The van der Waals surface area contributed by atoms with E-state index in [1.807, 2.05) is 56.3 Å². The summed E-state index contributed by atoms with van der Waals surface area (Å²) in [6.07, 6.45) is 0. The molecule has 0 bridgehead atoms. The Morgan fingerprint density at radius 1 is 0.842 bits per heavy atom. The molecule has 0 saturated heterocycles. The Hall–Kier alpha value is -2.29. The fourth-order valence-electron chi connectivity index (χ4n) is 1.64. The van der Waals surface area contributed by atoms with Crippen LogP contribution in [0.4, 0.5) is 11.4 Å². The van der Waals surface area contributed by atoms with Crippen molar-refractivity contribution in [2.75, 3.05) is 0 Å². The number of nitrogens with zero attached hydrogens (tertiary/aromatic N) is 2. The van der Waals surface area contributed by atoms with E-state index in [0.29, 0.717) is 5.56 Å². The molecule has 2 aromatic carbocycles. The number of hydrogen-bond acceptors (Lipinski definition) is 3. The van der Waals surface area contributed by atoms with Gasteiger partial charge in [0.05, 0.1) is 11.4 Å². The van der Waals surface area contributed by atoms with Crippen LogP contribution in [-0.4, -0.2) is 5.78 Å². The predicted octanol–water partition coefficient (Wildman–Crippen LogP) is 4.94. The third-order valence-electron chi connectivity index (χ3n) is 2.71. The molecule has 0 aliphatic carbocycles. The molecule has 0 saturated carbocycles. The van der Waals surface area contributed by atoms with Crippen molar-refractivity contribution in [1.29, 1.82) is 0 Å². The van der Waals surface area contributed by atoms with Gasteiger partial charge < -0.3 is 0 Å². The molecule has 3 nitrogen and oxygen atoms in total. The van der Waals surface area contributed by atoms with Gasteiger partial charge in [0.25, 0.3) is 0 Å². The van der Waals surface area contributed by atoms with E-state index >= 15 is 0 Å². The summed E-state index contributed by atoms with van der Waals surface area (Å²) in [6, 6.07) is 16.7. The summed E-state index contributed by atoms with van der Waals surface area (Å²) in [5.74, 6) is 0.156. The molecule has 0 radical (unpaired) electrons. The topological polar surface area (TPSA) is 41.8 Å². The number of azo groups is 1. The Kier molecular flexibility index (Phi) is 4.18. The molecule has 0 unspecified atom stereocenters. The summed E-state index contributed by atoms with van der Waals surface area (Å²) in [5.41, 5.74) is 2.27. The van der Waals surface area contributed by atoms with Gasteiger partial charge in [-0.2, -0.15) is 10.2 Å². The smallest absolute Gasteiger partial charge is 0.165 e. The SMILES string of the molecule is CC(C)C(=O)c1ccc(N=Nc2ccccc2)cc1. The molecule has 0 spiro atoms. The Morgan fingerprint density at radius 2 is 1.37 bits per heavy atom. The minimum Gasteiger partial charge on any atom is -0.294 e. The highest BCUT2D eigenvalue weighted by Crippen LogP contribution is 2.19. The fourth-order valence-corrected chi connectivity index (χ4v) is 1.64. The van der Waals surface area contributed by atoms with Crippen molar-refractivity contribution in [2.45, 2.75) is 13.8 Å². The third kappa shape index (κ3) is 3.58. The van der Waals surface area contributed by atoms with Crippen molar-refractivity contribution in [3.63, 3.8) is 0 Å². The van der Waals surface area contributed by atoms with Gasteiger partial charge in [-0.05, 0) is 36.4 Å². The summed E-state index contributed by atoms with van der Waals surface area (Å²) < 4.78 is 0. The summed E-state index contributed by atoms with van der Waals surface area (Å²) in [5, 5.41) is 8.26. The number of carbonyl (C=O) groups is 1. The molecule has 0 heterocycles. The molecule has 3 heteroatoms. The first-order chi connectivity index (χ1) is 9.16. The average Bonchev–Trinajstić information content (AvgIpc) is 2.46. The molecule has 0 aromatic heterocycles. The van der Waals surface area contributed by atoms with Gasteiger partial charge in [-0.15, -0.1) is 0 Å². The largest absolute Gasteiger partial charge is 0.294 e. The molecule has 0 aliphatic rings. The quantitative estimate of drug-likeness (QED) is 0.561. The molecule has 96 valence electrons.